The van der Waals surface area contributed by atoms with Crippen LogP contribution in [0.4, 0.5) is 10.1 Å². The monoisotopic (exact) mass is 408 g/mol. The van der Waals surface area contributed by atoms with E-state index in [1.807, 2.05) is 26.0 Å². The molecule has 2 heterocycles. The molecule has 3 aromatic rings. The molecule has 30 heavy (non-hydrogen) atoms. The van der Waals surface area contributed by atoms with Crippen molar-refractivity contribution in [2.24, 2.45) is 0 Å². The number of nitrogens with zero attached hydrogens (tertiary/aromatic N) is 6. The van der Waals surface area contributed by atoms with E-state index in [1.165, 1.54) is 22.9 Å². The summed E-state index contributed by atoms with van der Waals surface area (Å²) in [4.78, 5) is 4.72. The molecule has 0 unspecified atom stereocenters. The molecule has 1 aromatic heterocycles. The Balaban J connectivity index is 1.64. The number of hydrogen-bond acceptors (Lipinski definition) is 5. The fourth-order valence-corrected chi connectivity index (χ4v) is 4.23. The molecule has 4 rings (SSSR count). The third-order valence-corrected chi connectivity index (χ3v) is 5.84. The highest BCUT2D eigenvalue weighted by molar-refractivity contribution is 5.55. The lowest BCUT2D eigenvalue weighted by molar-refractivity contribution is 0.195. The summed E-state index contributed by atoms with van der Waals surface area (Å²) < 4.78 is 16.6. The summed E-state index contributed by atoms with van der Waals surface area (Å²) in [5.41, 5.74) is 4.44. The largest absolute Gasteiger partial charge is 0.369 e. The van der Waals surface area contributed by atoms with Gasteiger partial charge >= 0.3 is 0 Å². The molecular formula is C23H29FN6. The van der Waals surface area contributed by atoms with Crippen LogP contribution in [-0.4, -0.2) is 51.3 Å². The van der Waals surface area contributed by atoms with Crippen LogP contribution in [0.25, 0.3) is 0 Å². The van der Waals surface area contributed by atoms with Crippen molar-refractivity contribution in [1.29, 1.82) is 0 Å². The molecular weight excluding hydrogens is 379 g/mol. The number of anilines is 1. The molecule has 1 saturated heterocycles. The van der Waals surface area contributed by atoms with Gasteiger partial charge < -0.3 is 4.90 Å². The van der Waals surface area contributed by atoms with E-state index in [2.05, 4.69) is 57.4 Å². The Kier molecular flexibility index (Phi) is 5.81. The molecule has 1 aliphatic heterocycles. The quantitative estimate of drug-likeness (QED) is 0.640. The molecule has 0 N–H and O–H groups in total. The molecule has 7 heteroatoms. The van der Waals surface area contributed by atoms with Gasteiger partial charge in [-0.1, -0.05) is 30.3 Å². The lowest BCUT2D eigenvalue weighted by atomic mass is 10.0. The van der Waals surface area contributed by atoms with Crippen LogP contribution in [0.15, 0.2) is 42.5 Å². The fraction of sp³-hybridized carbons (Fsp3) is 0.435. The first-order chi connectivity index (χ1) is 14.5. The topological polar surface area (TPSA) is 50.1 Å². The molecule has 0 radical (unpaired) electrons. The molecule has 6 nitrogen and oxygen atoms in total. The van der Waals surface area contributed by atoms with Crippen molar-refractivity contribution in [3.63, 3.8) is 0 Å². The Labute approximate surface area is 177 Å². The van der Waals surface area contributed by atoms with E-state index in [0.29, 0.717) is 11.4 Å². The lowest BCUT2D eigenvalue weighted by Gasteiger charge is -2.40. The van der Waals surface area contributed by atoms with Gasteiger partial charge in [0.05, 0.1) is 6.04 Å². The first-order valence-corrected chi connectivity index (χ1v) is 10.5. The minimum atomic E-state index is -0.315. The Morgan fingerprint density at radius 3 is 2.40 bits per heavy atom. The Morgan fingerprint density at radius 1 is 0.967 bits per heavy atom. The second kappa shape index (κ2) is 8.52. The molecule has 0 spiro atoms. The molecule has 0 aliphatic carbocycles. The van der Waals surface area contributed by atoms with Gasteiger partial charge in [0, 0.05) is 37.4 Å². The number of aromatic nitrogens is 4. The zero-order valence-electron chi connectivity index (χ0n) is 18.1. The van der Waals surface area contributed by atoms with Gasteiger partial charge in [-0.3, -0.25) is 4.90 Å². The highest BCUT2D eigenvalue weighted by atomic mass is 19.1. The highest BCUT2D eigenvalue weighted by Crippen LogP contribution is 2.32. The predicted octanol–water partition coefficient (Wildman–Crippen LogP) is 3.92. The van der Waals surface area contributed by atoms with E-state index < -0.39 is 0 Å². The number of benzene rings is 2. The van der Waals surface area contributed by atoms with Crippen LogP contribution < -0.4 is 4.90 Å². The van der Waals surface area contributed by atoms with E-state index in [4.69, 9.17) is 0 Å². The molecule has 0 saturated carbocycles. The first kappa shape index (κ1) is 20.5. The summed E-state index contributed by atoms with van der Waals surface area (Å²) in [6.45, 7) is 11.7. The molecule has 1 fully saturated rings. The number of tetrazole rings is 1. The molecule has 0 amide bonds. The third-order valence-electron chi connectivity index (χ3n) is 5.84. The third kappa shape index (κ3) is 3.94. The summed E-state index contributed by atoms with van der Waals surface area (Å²) in [5.74, 6) is 0.466. The van der Waals surface area contributed by atoms with Crippen molar-refractivity contribution < 1.29 is 4.39 Å². The van der Waals surface area contributed by atoms with Crippen molar-refractivity contribution in [1.82, 2.24) is 25.1 Å². The maximum atomic E-state index is 14.8. The van der Waals surface area contributed by atoms with Crippen LogP contribution in [0.1, 0.15) is 48.4 Å². The van der Waals surface area contributed by atoms with E-state index in [9.17, 15) is 4.39 Å². The van der Waals surface area contributed by atoms with Gasteiger partial charge in [0.1, 0.15) is 11.9 Å². The van der Waals surface area contributed by atoms with Crippen molar-refractivity contribution in [2.45, 2.75) is 39.8 Å². The average molecular weight is 409 g/mol. The van der Waals surface area contributed by atoms with E-state index in [1.54, 1.807) is 10.7 Å². The highest BCUT2D eigenvalue weighted by Gasteiger charge is 2.33. The second-order valence-corrected chi connectivity index (χ2v) is 8.31. The zero-order chi connectivity index (χ0) is 21.3. The normalized spacial score (nSPS) is 16.3. The SMILES string of the molecule is Cc1ccc(C)c(N2CCN([C@@H](c3ccccc3F)c3nnnn3C(C)C)CC2)c1. The second-order valence-electron chi connectivity index (χ2n) is 8.31. The van der Waals surface area contributed by atoms with Gasteiger partial charge in [-0.2, -0.15) is 0 Å². The number of piperazine rings is 1. The van der Waals surface area contributed by atoms with Gasteiger partial charge in [0.25, 0.3) is 0 Å². The average Bonchev–Trinajstić information content (AvgIpc) is 3.22. The van der Waals surface area contributed by atoms with Gasteiger partial charge in [0.2, 0.25) is 0 Å². The molecule has 2 aromatic carbocycles. The number of halogens is 1. The van der Waals surface area contributed by atoms with Crippen LogP contribution in [0.3, 0.4) is 0 Å². The molecule has 158 valence electrons. The number of aryl methyl sites for hydroxylation is 2. The van der Waals surface area contributed by atoms with Crippen LogP contribution in [0, 0.1) is 19.7 Å². The van der Waals surface area contributed by atoms with Gasteiger partial charge in [-0.15, -0.1) is 5.10 Å². The first-order valence-electron chi connectivity index (χ1n) is 10.5. The van der Waals surface area contributed by atoms with Crippen LogP contribution in [0.2, 0.25) is 0 Å². The maximum Gasteiger partial charge on any atom is 0.173 e. The Bertz CT molecular complexity index is 1010. The summed E-state index contributed by atoms with van der Waals surface area (Å²) in [6.07, 6.45) is 0. The summed E-state index contributed by atoms with van der Waals surface area (Å²) in [7, 11) is 0. The summed E-state index contributed by atoms with van der Waals surface area (Å²) >= 11 is 0. The Morgan fingerprint density at radius 2 is 1.70 bits per heavy atom. The van der Waals surface area contributed by atoms with Gasteiger partial charge in [-0.05, 0) is 61.4 Å². The van der Waals surface area contributed by atoms with Crippen LogP contribution in [-0.2, 0) is 0 Å². The lowest BCUT2D eigenvalue weighted by Crippen LogP contribution is -2.48. The standard InChI is InChI=1S/C23H29FN6/c1-16(2)30-23(25-26-27-30)22(19-7-5-6-8-20(19)24)29-13-11-28(12-14-29)21-15-17(3)9-10-18(21)4/h5-10,15-16,22H,11-14H2,1-4H3/t22-/m0/s1. The van der Waals surface area contributed by atoms with Crippen molar-refractivity contribution in [2.75, 3.05) is 31.1 Å². The van der Waals surface area contributed by atoms with Crippen LogP contribution >= 0.6 is 0 Å². The minimum absolute atomic E-state index is 0.0977. The summed E-state index contributed by atoms with van der Waals surface area (Å²) in [6, 6.07) is 13.3. The number of hydrogen-bond donors (Lipinski definition) is 0. The Hall–Kier alpha value is -2.80. The van der Waals surface area contributed by atoms with E-state index >= 15 is 0 Å². The van der Waals surface area contributed by atoms with Crippen molar-refractivity contribution >= 4 is 5.69 Å². The smallest absolute Gasteiger partial charge is 0.173 e. The van der Waals surface area contributed by atoms with E-state index in [0.717, 1.165) is 26.2 Å². The van der Waals surface area contributed by atoms with E-state index in [-0.39, 0.29) is 17.9 Å². The summed E-state index contributed by atoms with van der Waals surface area (Å²) in [5, 5.41) is 12.4. The molecule has 1 atom stereocenters. The van der Waals surface area contributed by atoms with Crippen LogP contribution in [0.5, 0.6) is 0 Å². The minimum Gasteiger partial charge on any atom is -0.369 e. The molecule has 1 aliphatic rings. The fourth-order valence-electron chi connectivity index (χ4n) is 4.23. The maximum absolute atomic E-state index is 14.8. The van der Waals surface area contributed by atoms with Gasteiger partial charge in [-0.25, -0.2) is 9.07 Å². The van der Waals surface area contributed by atoms with Crippen molar-refractivity contribution in [3.8, 4) is 0 Å². The van der Waals surface area contributed by atoms with Crippen molar-refractivity contribution in [3.05, 3.63) is 70.8 Å². The molecule has 0 bridgehead atoms. The predicted molar refractivity (Wildman–Crippen MR) is 116 cm³/mol. The van der Waals surface area contributed by atoms with Gasteiger partial charge in [0.15, 0.2) is 5.82 Å². The number of rotatable bonds is 5. The zero-order valence-corrected chi connectivity index (χ0v) is 18.1.